The van der Waals surface area contributed by atoms with E-state index < -0.39 is 6.03 Å². The molecule has 2 amide bonds. The lowest BCUT2D eigenvalue weighted by molar-refractivity contribution is 0.262. The van der Waals surface area contributed by atoms with Gasteiger partial charge in [0, 0.05) is 5.56 Å². The van der Waals surface area contributed by atoms with Crippen LogP contribution >= 0.6 is 0 Å². The maximum absolute atomic E-state index is 12.6. The van der Waals surface area contributed by atoms with Crippen LogP contribution < -0.4 is 29.6 Å². The van der Waals surface area contributed by atoms with Crippen molar-refractivity contribution in [2.24, 2.45) is 0 Å². The molecular formula is C21H24N4O5. The summed E-state index contributed by atoms with van der Waals surface area (Å²) in [6, 6.07) is 10.2. The van der Waals surface area contributed by atoms with Gasteiger partial charge in [0.2, 0.25) is 5.75 Å². The molecule has 0 atom stereocenters. The van der Waals surface area contributed by atoms with Crippen LogP contribution in [0.1, 0.15) is 5.69 Å². The third-order valence-corrected chi connectivity index (χ3v) is 4.48. The van der Waals surface area contributed by atoms with E-state index in [1.807, 2.05) is 19.1 Å². The van der Waals surface area contributed by atoms with Gasteiger partial charge in [0.05, 0.1) is 45.5 Å². The number of H-pyrrole nitrogens is 1. The molecule has 1 aromatic heterocycles. The standard InChI is InChI=1S/C21H24N4O5/c1-12-18(23-21(26)22-14-8-6-7-9-15(14)27-2)19(25-24-12)13-10-16(28-3)20(30-5)17(11-13)29-4/h6-11H,1-5H3,(H,24,25)(H2,22,23,26). The largest absolute Gasteiger partial charge is 0.495 e. The average molecular weight is 412 g/mol. The van der Waals surface area contributed by atoms with Gasteiger partial charge in [-0.2, -0.15) is 5.10 Å². The van der Waals surface area contributed by atoms with Crippen molar-refractivity contribution < 1.29 is 23.7 Å². The summed E-state index contributed by atoms with van der Waals surface area (Å²) in [4.78, 5) is 12.6. The Morgan fingerprint density at radius 3 is 2.13 bits per heavy atom. The molecule has 3 N–H and O–H groups in total. The average Bonchev–Trinajstić information content (AvgIpc) is 3.12. The molecule has 2 aromatic carbocycles. The molecule has 0 aliphatic rings. The van der Waals surface area contributed by atoms with Gasteiger partial charge in [-0.15, -0.1) is 0 Å². The number of aromatic nitrogens is 2. The molecule has 0 aliphatic carbocycles. The Morgan fingerprint density at radius 2 is 1.53 bits per heavy atom. The van der Waals surface area contributed by atoms with Crippen molar-refractivity contribution in [3.05, 3.63) is 42.1 Å². The molecule has 0 aliphatic heterocycles. The van der Waals surface area contributed by atoms with Crippen LogP contribution in [0.3, 0.4) is 0 Å². The van der Waals surface area contributed by atoms with E-state index in [0.29, 0.717) is 51.3 Å². The number of aryl methyl sites for hydroxylation is 1. The molecule has 0 bridgehead atoms. The van der Waals surface area contributed by atoms with E-state index in [0.717, 1.165) is 0 Å². The van der Waals surface area contributed by atoms with Gasteiger partial charge in [-0.1, -0.05) is 12.1 Å². The summed E-state index contributed by atoms with van der Waals surface area (Å²) in [5, 5.41) is 12.9. The Kier molecular flexibility index (Phi) is 6.31. The minimum Gasteiger partial charge on any atom is -0.495 e. The molecule has 9 heteroatoms. The first kappa shape index (κ1) is 20.8. The van der Waals surface area contributed by atoms with Crippen LogP contribution in [0.4, 0.5) is 16.2 Å². The van der Waals surface area contributed by atoms with Crippen molar-refractivity contribution in [2.75, 3.05) is 39.1 Å². The predicted molar refractivity (Wildman–Crippen MR) is 114 cm³/mol. The minimum atomic E-state index is -0.433. The Hall–Kier alpha value is -3.88. The molecule has 3 aromatic rings. The lowest BCUT2D eigenvalue weighted by Gasteiger charge is -2.15. The van der Waals surface area contributed by atoms with Crippen LogP contribution in [-0.2, 0) is 0 Å². The Labute approximate surface area is 174 Å². The number of methoxy groups -OCH3 is 4. The number of ether oxygens (including phenoxy) is 4. The highest BCUT2D eigenvalue weighted by molar-refractivity contribution is 6.03. The number of para-hydroxylation sites is 2. The predicted octanol–water partition coefficient (Wildman–Crippen LogP) is 4.06. The fourth-order valence-electron chi connectivity index (χ4n) is 3.02. The van der Waals surface area contributed by atoms with Crippen molar-refractivity contribution >= 4 is 17.4 Å². The number of benzene rings is 2. The van der Waals surface area contributed by atoms with E-state index in [1.165, 1.54) is 21.3 Å². The Balaban J connectivity index is 1.93. The summed E-state index contributed by atoms with van der Waals surface area (Å²) in [6.07, 6.45) is 0. The summed E-state index contributed by atoms with van der Waals surface area (Å²) >= 11 is 0. The fourth-order valence-corrected chi connectivity index (χ4v) is 3.02. The molecule has 3 rings (SSSR count). The van der Waals surface area contributed by atoms with Crippen LogP contribution in [0.2, 0.25) is 0 Å². The Bertz CT molecular complexity index is 1020. The lowest BCUT2D eigenvalue weighted by atomic mass is 10.1. The van der Waals surface area contributed by atoms with E-state index in [-0.39, 0.29) is 0 Å². The van der Waals surface area contributed by atoms with Crippen molar-refractivity contribution in [2.45, 2.75) is 6.92 Å². The second-order valence-electron chi connectivity index (χ2n) is 6.27. The first-order chi connectivity index (χ1) is 14.5. The zero-order valence-electron chi connectivity index (χ0n) is 17.5. The monoisotopic (exact) mass is 412 g/mol. The fraction of sp³-hybridized carbons (Fsp3) is 0.238. The van der Waals surface area contributed by atoms with Crippen molar-refractivity contribution in [1.82, 2.24) is 10.2 Å². The van der Waals surface area contributed by atoms with Crippen LogP contribution in [-0.4, -0.2) is 44.7 Å². The van der Waals surface area contributed by atoms with Crippen LogP contribution in [0, 0.1) is 6.92 Å². The maximum Gasteiger partial charge on any atom is 0.323 e. The van der Waals surface area contributed by atoms with E-state index in [2.05, 4.69) is 20.8 Å². The summed E-state index contributed by atoms with van der Waals surface area (Å²) in [5.41, 5.74) is 2.97. The minimum absolute atomic E-state index is 0.433. The van der Waals surface area contributed by atoms with E-state index in [1.54, 1.807) is 31.4 Å². The number of hydrogen-bond acceptors (Lipinski definition) is 6. The Morgan fingerprint density at radius 1 is 0.900 bits per heavy atom. The molecule has 0 saturated carbocycles. The molecule has 9 nitrogen and oxygen atoms in total. The zero-order valence-corrected chi connectivity index (χ0v) is 17.5. The van der Waals surface area contributed by atoms with Gasteiger partial charge in [-0.05, 0) is 31.2 Å². The number of aromatic amines is 1. The number of hydrogen-bond donors (Lipinski definition) is 3. The molecule has 1 heterocycles. The van der Waals surface area contributed by atoms with Crippen molar-refractivity contribution in [3.63, 3.8) is 0 Å². The maximum atomic E-state index is 12.6. The molecule has 0 unspecified atom stereocenters. The molecule has 0 fully saturated rings. The molecule has 0 spiro atoms. The number of amides is 2. The first-order valence-corrected chi connectivity index (χ1v) is 9.08. The van der Waals surface area contributed by atoms with Gasteiger partial charge < -0.3 is 29.6 Å². The second-order valence-corrected chi connectivity index (χ2v) is 6.27. The highest BCUT2D eigenvalue weighted by atomic mass is 16.5. The van der Waals surface area contributed by atoms with Crippen molar-refractivity contribution in [3.8, 4) is 34.3 Å². The summed E-state index contributed by atoms with van der Waals surface area (Å²) in [5.74, 6) is 2.00. The number of carbonyl (C=O) groups excluding carboxylic acids is 1. The molecule has 0 radical (unpaired) electrons. The van der Waals surface area contributed by atoms with Gasteiger partial charge in [0.15, 0.2) is 11.5 Å². The first-order valence-electron chi connectivity index (χ1n) is 9.08. The van der Waals surface area contributed by atoms with Crippen LogP contribution in [0.5, 0.6) is 23.0 Å². The highest BCUT2D eigenvalue weighted by Gasteiger charge is 2.20. The van der Waals surface area contributed by atoms with Gasteiger partial charge in [0.25, 0.3) is 0 Å². The summed E-state index contributed by atoms with van der Waals surface area (Å²) in [6.45, 7) is 1.81. The van der Waals surface area contributed by atoms with E-state index in [9.17, 15) is 4.79 Å². The van der Waals surface area contributed by atoms with Crippen molar-refractivity contribution in [1.29, 1.82) is 0 Å². The normalized spacial score (nSPS) is 10.3. The number of nitrogens with zero attached hydrogens (tertiary/aromatic N) is 1. The van der Waals surface area contributed by atoms with Gasteiger partial charge in [-0.25, -0.2) is 4.79 Å². The van der Waals surface area contributed by atoms with Crippen LogP contribution in [0.25, 0.3) is 11.3 Å². The van der Waals surface area contributed by atoms with Gasteiger partial charge in [0.1, 0.15) is 11.4 Å². The van der Waals surface area contributed by atoms with Crippen LogP contribution in [0.15, 0.2) is 36.4 Å². The second kappa shape index (κ2) is 9.08. The molecule has 0 saturated heterocycles. The zero-order chi connectivity index (χ0) is 21.7. The smallest absolute Gasteiger partial charge is 0.323 e. The lowest BCUT2D eigenvalue weighted by Crippen LogP contribution is -2.20. The number of anilines is 2. The number of nitrogens with one attached hydrogen (secondary N) is 3. The highest BCUT2D eigenvalue weighted by Crippen LogP contribution is 2.42. The third kappa shape index (κ3) is 4.09. The van der Waals surface area contributed by atoms with E-state index in [4.69, 9.17) is 18.9 Å². The molecular weight excluding hydrogens is 388 g/mol. The number of urea groups is 1. The molecule has 158 valence electrons. The van der Waals surface area contributed by atoms with E-state index >= 15 is 0 Å². The summed E-state index contributed by atoms with van der Waals surface area (Å²) < 4.78 is 21.5. The summed E-state index contributed by atoms with van der Waals surface area (Å²) in [7, 11) is 6.16. The number of carbonyl (C=O) groups is 1. The quantitative estimate of drug-likeness (QED) is 0.540. The van der Waals surface area contributed by atoms with Gasteiger partial charge >= 0.3 is 6.03 Å². The SMILES string of the molecule is COc1ccccc1NC(=O)Nc1c(-c2cc(OC)c(OC)c(OC)c2)n[nH]c1C. The third-order valence-electron chi connectivity index (χ3n) is 4.48. The number of rotatable bonds is 7. The topological polar surface area (TPSA) is 107 Å². The molecule has 30 heavy (non-hydrogen) atoms. The van der Waals surface area contributed by atoms with Gasteiger partial charge in [-0.3, -0.25) is 5.10 Å².